The van der Waals surface area contributed by atoms with Crippen molar-refractivity contribution in [3.8, 4) is 0 Å². The van der Waals surface area contributed by atoms with Crippen LogP contribution in [-0.2, 0) is 0 Å². The molecule has 2 aromatic rings. The number of likely N-dealkylation sites (N-methyl/N-ethyl adjacent to an activating group) is 2. The second kappa shape index (κ2) is 5.37. The molecule has 0 bridgehead atoms. The standard InChI is InChI=1S/C15H21N5O/c1-19-7-3-4-11(9-19)20(2)15-17-13-6-5-10(16)8-12(13)14(21)18-15/h5-6,8,11H,3-4,7,9,16H2,1-2H3,(H,17,18,21). The van der Waals surface area contributed by atoms with Crippen molar-refractivity contribution in [3.63, 3.8) is 0 Å². The van der Waals surface area contributed by atoms with E-state index >= 15 is 0 Å². The molecule has 0 amide bonds. The first-order valence-electron chi connectivity index (χ1n) is 7.25. The van der Waals surface area contributed by atoms with E-state index in [0.717, 1.165) is 19.5 Å². The Hall–Kier alpha value is -2.08. The van der Waals surface area contributed by atoms with Gasteiger partial charge in [0, 0.05) is 25.3 Å². The Morgan fingerprint density at radius 1 is 1.48 bits per heavy atom. The van der Waals surface area contributed by atoms with Crippen molar-refractivity contribution in [2.45, 2.75) is 18.9 Å². The quantitative estimate of drug-likeness (QED) is 0.807. The lowest BCUT2D eigenvalue weighted by Gasteiger charge is -2.36. The molecule has 6 heteroatoms. The molecule has 1 aromatic heterocycles. The van der Waals surface area contributed by atoms with Crippen molar-refractivity contribution in [3.05, 3.63) is 28.6 Å². The highest BCUT2D eigenvalue weighted by Crippen LogP contribution is 2.19. The summed E-state index contributed by atoms with van der Waals surface area (Å²) < 4.78 is 0. The van der Waals surface area contributed by atoms with Crippen LogP contribution in [0.2, 0.25) is 0 Å². The second-order valence-electron chi connectivity index (χ2n) is 5.84. The molecule has 0 radical (unpaired) electrons. The van der Waals surface area contributed by atoms with E-state index in [2.05, 4.69) is 26.8 Å². The van der Waals surface area contributed by atoms with E-state index in [-0.39, 0.29) is 5.56 Å². The number of hydrogen-bond acceptors (Lipinski definition) is 5. The average Bonchev–Trinajstić information content (AvgIpc) is 2.47. The maximum absolute atomic E-state index is 12.2. The molecule has 0 saturated carbocycles. The van der Waals surface area contributed by atoms with Crippen molar-refractivity contribution in [2.24, 2.45) is 0 Å². The predicted molar refractivity (Wildman–Crippen MR) is 85.7 cm³/mol. The van der Waals surface area contributed by atoms with Crippen LogP contribution >= 0.6 is 0 Å². The van der Waals surface area contributed by atoms with Gasteiger partial charge in [0.25, 0.3) is 5.56 Å². The monoisotopic (exact) mass is 287 g/mol. The van der Waals surface area contributed by atoms with Crippen LogP contribution in [0.4, 0.5) is 11.6 Å². The molecular formula is C15H21N5O. The van der Waals surface area contributed by atoms with Crippen LogP contribution in [0.1, 0.15) is 12.8 Å². The Labute approximate surface area is 123 Å². The van der Waals surface area contributed by atoms with Gasteiger partial charge in [-0.2, -0.15) is 0 Å². The zero-order chi connectivity index (χ0) is 15.0. The number of nitrogens with two attached hydrogens (primary N) is 1. The molecule has 21 heavy (non-hydrogen) atoms. The maximum Gasteiger partial charge on any atom is 0.260 e. The van der Waals surface area contributed by atoms with Crippen LogP contribution < -0.4 is 16.2 Å². The van der Waals surface area contributed by atoms with Gasteiger partial charge in [-0.1, -0.05) is 0 Å². The van der Waals surface area contributed by atoms with Crippen LogP contribution in [0.3, 0.4) is 0 Å². The van der Waals surface area contributed by atoms with Crippen molar-refractivity contribution >= 4 is 22.5 Å². The van der Waals surface area contributed by atoms with Gasteiger partial charge in [-0.25, -0.2) is 4.98 Å². The van der Waals surface area contributed by atoms with Crippen LogP contribution in [0, 0.1) is 0 Å². The smallest absolute Gasteiger partial charge is 0.260 e. The summed E-state index contributed by atoms with van der Waals surface area (Å²) in [6.45, 7) is 2.12. The van der Waals surface area contributed by atoms with Gasteiger partial charge in [-0.05, 0) is 44.6 Å². The predicted octanol–water partition coefficient (Wildman–Crippen LogP) is 1.04. The summed E-state index contributed by atoms with van der Waals surface area (Å²) in [4.78, 5) is 24.0. The summed E-state index contributed by atoms with van der Waals surface area (Å²) in [5.41, 5.74) is 6.84. The van der Waals surface area contributed by atoms with Gasteiger partial charge in [-0.15, -0.1) is 0 Å². The van der Waals surface area contributed by atoms with Gasteiger partial charge in [-0.3, -0.25) is 9.78 Å². The molecule has 0 spiro atoms. The SMILES string of the molecule is CN1CCCC(N(C)c2nc3ccc(N)cc3c(=O)[nH]2)C1. The van der Waals surface area contributed by atoms with E-state index in [9.17, 15) is 4.79 Å². The minimum atomic E-state index is -0.140. The van der Waals surface area contributed by atoms with E-state index in [1.165, 1.54) is 6.42 Å². The lowest BCUT2D eigenvalue weighted by molar-refractivity contribution is 0.247. The second-order valence-corrected chi connectivity index (χ2v) is 5.84. The van der Waals surface area contributed by atoms with E-state index < -0.39 is 0 Å². The molecule has 112 valence electrons. The van der Waals surface area contributed by atoms with Crippen LogP contribution in [0.15, 0.2) is 23.0 Å². The van der Waals surface area contributed by atoms with Crippen LogP contribution in [-0.4, -0.2) is 48.1 Å². The Bertz CT molecular complexity index is 711. The highest BCUT2D eigenvalue weighted by molar-refractivity contribution is 5.81. The first-order valence-corrected chi connectivity index (χ1v) is 7.25. The fourth-order valence-electron chi connectivity index (χ4n) is 2.94. The average molecular weight is 287 g/mol. The largest absolute Gasteiger partial charge is 0.399 e. The highest BCUT2D eigenvalue weighted by Gasteiger charge is 2.22. The number of nitrogen functional groups attached to an aromatic ring is 1. The number of nitrogens with zero attached hydrogens (tertiary/aromatic N) is 3. The number of anilines is 2. The normalized spacial score (nSPS) is 19.8. The van der Waals surface area contributed by atoms with Crippen molar-refractivity contribution in [2.75, 3.05) is 37.8 Å². The van der Waals surface area contributed by atoms with Gasteiger partial charge < -0.3 is 15.5 Å². The summed E-state index contributed by atoms with van der Waals surface area (Å²) in [5, 5.41) is 0.535. The molecule has 3 rings (SSSR count). The van der Waals surface area contributed by atoms with Gasteiger partial charge >= 0.3 is 0 Å². The number of H-pyrrole nitrogens is 1. The summed E-state index contributed by atoms with van der Waals surface area (Å²) in [6, 6.07) is 5.61. The minimum absolute atomic E-state index is 0.140. The van der Waals surface area contributed by atoms with Gasteiger partial charge in [0.2, 0.25) is 5.95 Å². The summed E-state index contributed by atoms with van der Waals surface area (Å²) in [5.74, 6) is 0.623. The Morgan fingerprint density at radius 3 is 3.05 bits per heavy atom. The lowest BCUT2D eigenvalue weighted by atomic mass is 10.1. The molecule has 1 fully saturated rings. The highest BCUT2D eigenvalue weighted by atomic mass is 16.1. The summed E-state index contributed by atoms with van der Waals surface area (Å²) in [6.07, 6.45) is 2.28. The number of piperidine rings is 1. The topological polar surface area (TPSA) is 78.2 Å². The number of aromatic nitrogens is 2. The summed E-state index contributed by atoms with van der Waals surface area (Å²) in [7, 11) is 4.12. The lowest BCUT2D eigenvalue weighted by Crippen LogP contribution is -2.46. The number of hydrogen-bond donors (Lipinski definition) is 2. The molecule has 6 nitrogen and oxygen atoms in total. The third-order valence-electron chi connectivity index (χ3n) is 4.20. The van der Waals surface area contributed by atoms with Crippen LogP contribution in [0.25, 0.3) is 10.9 Å². The van der Waals surface area contributed by atoms with Gasteiger partial charge in [0.15, 0.2) is 0 Å². The molecule has 3 N–H and O–H groups in total. The molecule has 1 unspecified atom stereocenters. The van der Waals surface area contributed by atoms with Crippen molar-refractivity contribution < 1.29 is 0 Å². The third-order valence-corrected chi connectivity index (χ3v) is 4.20. The Morgan fingerprint density at radius 2 is 2.29 bits per heavy atom. The maximum atomic E-state index is 12.2. The van der Waals surface area contributed by atoms with Gasteiger partial charge in [0.05, 0.1) is 10.9 Å². The zero-order valence-corrected chi connectivity index (χ0v) is 12.5. The molecule has 1 aliphatic rings. The number of rotatable bonds is 2. The molecule has 0 aliphatic carbocycles. The molecule has 1 aliphatic heterocycles. The van der Waals surface area contributed by atoms with Gasteiger partial charge in [0.1, 0.15) is 0 Å². The fourth-order valence-corrected chi connectivity index (χ4v) is 2.94. The number of benzene rings is 1. The molecule has 1 atom stereocenters. The fraction of sp³-hybridized carbons (Fsp3) is 0.467. The van der Waals surface area contributed by atoms with Crippen molar-refractivity contribution in [1.82, 2.24) is 14.9 Å². The first kappa shape index (κ1) is 13.9. The van der Waals surface area contributed by atoms with E-state index in [1.807, 2.05) is 7.05 Å². The Balaban J connectivity index is 1.96. The zero-order valence-electron chi connectivity index (χ0n) is 12.5. The number of nitrogens with one attached hydrogen (secondary N) is 1. The van der Waals surface area contributed by atoms with Crippen molar-refractivity contribution in [1.29, 1.82) is 0 Å². The molecule has 2 heterocycles. The summed E-state index contributed by atoms with van der Waals surface area (Å²) >= 11 is 0. The molecule has 1 saturated heterocycles. The molecular weight excluding hydrogens is 266 g/mol. The number of likely N-dealkylation sites (tertiary alicyclic amines) is 1. The number of aromatic amines is 1. The molecule has 1 aromatic carbocycles. The van der Waals surface area contributed by atoms with E-state index in [1.54, 1.807) is 18.2 Å². The Kier molecular flexibility index (Phi) is 3.55. The first-order chi connectivity index (χ1) is 10.0. The number of fused-ring (bicyclic) bond motifs is 1. The minimum Gasteiger partial charge on any atom is -0.399 e. The third kappa shape index (κ3) is 2.71. The van der Waals surface area contributed by atoms with E-state index in [0.29, 0.717) is 28.6 Å². The van der Waals surface area contributed by atoms with E-state index in [4.69, 9.17) is 5.73 Å². The van der Waals surface area contributed by atoms with Crippen LogP contribution in [0.5, 0.6) is 0 Å².